The maximum Gasteiger partial charge on any atom is 0.218 e. The molecule has 0 aromatic carbocycles. The lowest BCUT2D eigenvalue weighted by Gasteiger charge is -2.21. The van der Waals surface area contributed by atoms with E-state index < -0.39 is 0 Å². The van der Waals surface area contributed by atoms with Gasteiger partial charge < -0.3 is 9.64 Å². The molecule has 3 nitrogen and oxygen atoms in total. The quantitative estimate of drug-likeness (QED) is 0.699. The molecule has 0 N–H and O–H groups in total. The number of aromatic nitrogens is 1. The summed E-state index contributed by atoms with van der Waals surface area (Å²) in [6, 6.07) is 4.31. The standard InChI is InChI=1S/C12H16N2O/c1-2-8-14(7-1)11-6-5-10-4-3-9-15-12(10)13-11/h5-6H,1-4,7-9H2. The first-order chi connectivity index (χ1) is 7.43. The molecule has 0 radical (unpaired) electrons. The largest absolute Gasteiger partial charge is 0.477 e. The van der Waals surface area contributed by atoms with Crippen LogP contribution in [-0.2, 0) is 6.42 Å². The normalized spacial score (nSPS) is 19.9. The van der Waals surface area contributed by atoms with E-state index in [0.717, 1.165) is 44.2 Å². The minimum atomic E-state index is 0.823. The number of ether oxygens (including phenoxy) is 1. The molecule has 15 heavy (non-hydrogen) atoms. The molecule has 0 bridgehead atoms. The fourth-order valence-corrected chi connectivity index (χ4v) is 2.33. The number of aryl methyl sites for hydroxylation is 1. The van der Waals surface area contributed by atoms with Gasteiger partial charge in [0.15, 0.2) is 0 Å². The molecule has 1 aromatic heterocycles. The predicted octanol–water partition coefficient (Wildman–Crippen LogP) is 2.01. The van der Waals surface area contributed by atoms with E-state index in [-0.39, 0.29) is 0 Å². The second-order valence-electron chi connectivity index (χ2n) is 4.28. The molecular formula is C12H16N2O. The van der Waals surface area contributed by atoms with Crippen LogP contribution in [0.3, 0.4) is 0 Å². The Labute approximate surface area is 90.1 Å². The van der Waals surface area contributed by atoms with E-state index in [1.165, 1.54) is 18.4 Å². The van der Waals surface area contributed by atoms with Crippen molar-refractivity contribution < 1.29 is 4.74 Å². The maximum atomic E-state index is 5.59. The first-order valence-corrected chi connectivity index (χ1v) is 5.81. The van der Waals surface area contributed by atoms with E-state index in [0.29, 0.717) is 0 Å². The lowest BCUT2D eigenvalue weighted by molar-refractivity contribution is 0.276. The van der Waals surface area contributed by atoms with Crippen molar-refractivity contribution in [2.24, 2.45) is 0 Å². The molecule has 2 aliphatic rings. The van der Waals surface area contributed by atoms with Crippen molar-refractivity contribution in [1.29, 1.82) is 0 Å². The van der Waals surface area contributed by atoms with Gasteiger partial charge >= 0.3 is 0 Å². The number of hydrogen-bond acceptors (Lipinski definition) is 3. The lowest BCUT2D eigenvalue weighted by Crippen LogP contribution is -2.20. The summed E-state index contributed by atoms with van der Waals surface area (Å²) in [5, 5.41) is 0. The van der Waals surface area contributed by atoms with Crippen LogP contribution in [-0.4, -0.2) is 24.7 Å². The Morgan fingerprint density at radius 2 is 2.00 bits per heavy atom. The molecule has 2 aliphatic heterocycles. The van der Waals surface area contributed by atoms with Gasteiger partial charge in [0.1, 0.15) is 5.82 Å². The molecule has 0 atom stereocenters. The zero-order valence-corrected chi connectivity index (χ0v) is 8.91. The molecule has 0 amide bonds. The van der Waals surface area contributed by atoms with Crippen LogP contribution in [0.1, 0.15) is 24.8 Å². The average molecular weight is 204 g/mol. The van der Waals surface area contributed by atoms with Gasteiger partial charge in [-0.1, -0.05) is 0 Å². The second-order valence-corrected chi connectivity index (χ2v) is 4.28. The molecular weight excluding hydrogens is 188 g/mol. The first kappa shape index (κ1) is 9.01. The summed E-state index contributed by atoms with van der Waals surface area (Å²) in [5.41, 5.74) is 1.27. The number of pyridine rings is 1. The summed E-state index contributed by atoms with van der Waals surface area (Å²) in [6.07, 6.45) is 4.82. The fourth-order valence-electron chi connectivity index (χ4n) is 2.33. The van der Waals surface area contributed by atoms with Crippen LogP contribution in [0.5, 0.6) is 5.88 Å². The highest BCUT2D eigenvalue weighted by atomic mass is 16.5. The molecule has 0 saturated carbocycles. The Morgan fingerprint density at radius 3 is 2.87 bits per heavy atom. The van der Waals surface area contributed by atoms with Gasteiger partial charge in [-0.15, -0.1) is 0 Å². The van der Waals surface area contributed by atoms with Gasteiger partial charge in [-0.25, -0.2) is 0 Å². The van der Waals surface area contributed by atoms with Gasteiger partial charge in [0, 0.05) is 18.7 Å². The van der Waals surface area contributed by atoms with Crippen molar-refractivity contribution in [3.63, 3.8) is 0 Å². The summed E-state index contributed by atoms with van der Waals surface area (Å²) >= 11 is 0. The van der Waals surface area contributed by atoms with Crippen LogP contribution < -0.4 is 9.64 Å². The molecule has 80 valence electrons. The smallest absolute Gasteiger partial charge is 0.218 e. The van der Waals surface area contributed by atoms with E-state index in [1.54, 1.807) is 0 Å². The monoisotopic (exact) mass is 204 g/mol. The van der Waals surface area contributed by atoms with Crippen LogP contribution in [0.2, 0.25) is 0 Å². The van der Waals surface area contributed by atoms with Crippen molar-refractivity contribution in [1.82, 2.24) is 4.98 Å². The highest BCUT2D eigenvalue weighted by Crippen LogP contribution is 2.27. The Bertz CT molecular complexity index is 359. The van der Waals surface area contributed by atoms with Gasteiger partial charge in [0.05, 0.1) is 6.61 Å². The fraction of sp³-hybridized carbons (Fsp3) is 0.583. The first-order valence-electron chi connectivity index (χ1n) is 5.81. The summed E-state index contributed by atoms with van der Waals surface area (Å²) in [6.45, 7) is 3.11. The number of anilines is 1. The van der Waals surface area contributed by atoms with Gasteiger partial charge in [0.2, 0.25) is 5.88 Å². The van der Waals surface area contributed by atoms with Gasteiger partial charge in [-0.3, -0.25) is 0 Å². The van der Waals surface area contributed by atoms with Crippen LogP contribution in [0.15, 0.2) is 12.1 Å². The summed E-state index contributed by atoms with van der Waals surface area (Å²) in [4.78, 5) is 6.94. The predicted molar refractivity (Wildman–Crippen MR) is 59.5 cm³/mol. The second kappa shape index (κ2) is 3.72. The molecule has 3 rings (SSSR count). The lowest BCUT2D eigenvalue weighted by atomic mass is 10.1. The minimum Gasteiger partial charge on any atom is -0.477 e. The minimum absolute atomic E-state index is 0.823. The number of nitrogens with zero attached hydrogens (tertiary/aromatic N) is 2. The number of hydrogen-bond donors (Lipinski definition) is 0. The molecule has 3 heteroatoms. The molecule has 0 aliphatic carbocycles. The Hall–Kier alpha value is -1.25. The molecule has 0 unspecified atom stereocenters. The van der Waals surface area contributed by atoms with Crippen molar-refractivity contribution in [3.8, 4) is 5.88 Å². The van der Waals surface area contributed by atoms with Crippen molar-refractivity contribution in [2.45, 2.75) is 25.7 Å². The van der Waals surface area contributed by atoms with Gasteiger partial charge in [0.25, 0.3) is 0 Å². The summed E-state index contributed by atoms with van der Waals surface area (Å²) < 4.78 is 5.59. The third kappa shape index (κ3) is 1.66. The van der Waals surface area contributed by atoms with E-state index >= 15 is 0 Å². The molecule has 3 heterocycles. The molecule has 1 saturated heterocycles. The molecule has 1 fully saturated rings. The summed E-state index contributed by atoms with van der Waals surface area (Å²) in [5.74, 6) is 1.96. The Balaban J connectivity index is 1.89. The number of fused-ring (bicyclic) bond motifs is 1. The van der Waals surface area contributed by atoms with Crippen LogP contribution >= 0.6 is 0 Å². The third-order valence-electron chi connectivity index (χ3n) is 3.18. The SMILES string of the molecule is c1cc2c(nc1N1CCCC1)OCCC2. The van der Waals surface area contributed by atoms with Crippen LogP contribution in [0.25, 0.3) is 0 Å². The topological polar surface area (TPSA) is 25.4 Å². The third-order valence-corrected chi connectivity index (χ3v) is 3.18. The molecule has 0 spiro atoms. The highest BCUT2D eigenvalue weighted by Gasteiger charge is 2.17. The van der Waals surface area contributed by atoms with Gasteiger partial charge in [-0.05, 0) is 37.8 Å². The molecule has 1 aromatic rings. The van der Waals surface area contributed by atoms with Crippen LogP contribution in [0.4, 0.5) is 5.82 Å². The number of rotatable bonds is 1. The Kier molecular flexibility index (Phi) is 2.24. The highest BCUT2D eigenvalue weighted by molar-refractivity contribution is 5.45. The van der Waals surface area contributed by atoms with E-state index in [1.807, 2.05) is 0 Å². The van der Waals surface area contributed by atoms with E-state index in [2.05, 4.69) is 22.0 Å². The zero-order valence-electron chi connectivity index (χ0n) is 8.91. The van der Waals surface area contributed by atoms with Gasteiger partial charge in [-0.2, -0.15) is 4.98 Å². The van der Waals surface area contributed by atoms with Crippen molar-refractivity contribution in [3.05, 3.63) is 17.7 Å². The Morgan fingerprint density at radius 1 is 1.13 bits per heavy atom. The van der Waals surface area contributed by atoms with Crippen LogP contribution in [0, 0.1) is 0 Å². The zero-order chi connectivity index (χ0) is 10.1. The van der Waals surface area contributed by atoms with E-state index in [4.69, 9.17) is 4.74 Å². The van der Waals surface area contributed by atoms with Crippen molar-refractivity contribution in [2.75, 3.05) is 24.6 Å². The summed E-state index contributed by atoms with van der Waals surface area (Å²) in [7, 11) is 0. The van der Waals surface area contributed by atoms with E-state index in [9.17, 15) is 0 Å². The van der Waals surface area contributed by atoms with Crippen molar-refractivity contribution >= 4 is 5.82 Å². The maximum absolute atomic E-state index is 5.59. The average Bonchev–Trinajstić information content (AvgIpc) is 2.82.